The number of H-pyrrole nitrogens is 1. The molecule has 2 aliphatic heterocycles. The molecule has 6 rings (SSSR count). The maximum Gasteiger partial charge on any atom is 0.255 e. The van der Waals surface area contributed by atoms with Gasteiger partial charge < -0.3 is 19.5 Å². The number of hydrogen-bond donors (Lipinski definition) is 1. The van der Waals surface area contributed by atoms with Crippen LogP contribution in [-0.4, -0.2) is 46.8 Å². The molecule has 1 saturated heterocycles. The lowest BCUT2D eigenvalue weighted by atomic mass is 9.76. The van der Waals surface area contributed by atoms with E-state index >= 15 is 0 Å². The van der Waals surface area contributed by atoms with Crippen LogP contribution in [0, 0.1) is 5.82 Å². The van der Waals surface area contributed by atoms with Crippen molar-refractivity contribution in [2.45, 2.75) is 24.9 Å². The van der Waals surface area contributed by atoms with Gasteiger partial charge in [-0.15, -0.1) is 0 Å². The van der Waals surface area contributed by atoms with Crippen LogP contribution in [0.5, 0.6) is 5.75 Å². The fourth-order valence-electron chi connectivity index (χ4n) is 5.75. The number of halogens is 1. The maximum absolute atomic E-state index is 14.1. The van der Waals surface area contributed by atoms with E-state index in [4.69, 9.17) is 4.74 Å². The zero-order valence-electron chi connectivity index (χ0n) is 20.1. The number of para-hydroxylation sites is 1. The predicted octanol–water partition coefficient (Wildman–Crippen LogP) is 4.55. The summed E-state index contributed by atoms with van der Waals surface area (Å²) in [5.74, 6) is 0.0710. The van der Waals surface area contributed by atoms with Gasteiger partial charge in [0.25, 0.3) is 5.91 Å². The molecule has 1 N–H and O–H groups in total. The van der Waals surface area contributed by atoms with Crippen molar-refractivity contribution in [3.63, 3.8) is 0 Å². The molecule has 3 heterocycles. The van der Waals surface area contributed by atoms with Gasteiger partial charge in [0.15, 0.2) is 5.54 Å². The largest absolute Gasteiger partial charge is 0.497 e. The maximum atomic E-state index is 14.1. The molecule has 6 nitrogen and oxygen atoms in total. The number of carbonyl (C=O) groups excluding carboxylic acids is 2. The summed E-state index contributed by atoms with van der Waals surface area (Å²) in [5, 5.41) is 1.05. The number of methoxy groups -OCH3 is 1. The molecule has 0 saturated carbocycles. The lowest BCUT2D eigenvalue weighted by Crippen LogP contribution is -2.67. The number of amides is 2. The molecular formula is C29H26FN3O3. The van der Waals surface area contributed by atoms with Gasteiger partial charge in [0.2, 0.25) is 5.91 Å². The molecule has 182 valence electrons. The molecule has 2 aliphatic rings. The Balaban J connectivity index is 1.48. The molecule has 1 fully saturated rings. The van der Waals surface area contributed by atoms with Crippen LogP contribution in [-0.2, 0) is 21.7 Å². The Morgan fingerprint density at radius 2 is 1.75 bits per heavy atom. The SMILES string of the molecule is COc1ccc(C2CN3C(=O)CN(Cc4ccc(F)cc4)C(=O)[C@]3(C)c3[nH]c4ccccc4c32)cc1. The van der Waals surface area contributed by atoms with Gasteiger partial charge in [0.05, 0.1) is 12.8 Å². The van der Waals surface area contributed by atoms with Gasteiger partial charge in [-0.05, 0) is 53.9 Å². The van der Waals surface area contributed by atoms with Crippen molar-refractivity contribution >= 4 is 22.7 Å². The topological polar surface area (TPSA) is 65.6 Å². The van der Waals surface area contributed by atoms with Crippen molar-refractivity contribution < 1.29 is 18.7 Å². The summed E-state index contributed by atoms with van der Waals surface area (Å²) in [4.78, 5) is 34.5. The average Bonchev–Trinajstić information content (AvgIpc) is 3.29. The second-order valence-corrected chi connectivity index (χ2v) is 9.65. The number of ether oxygens (including phenoxy) is 1. The quantitative estimate of drug-likeness (QED) is 0.463. The molecule has 0 spiro atoms. The number of fused-ring (bicyclic) bond motifs is 5. The first-order valence-electron chi connectivity index (χ1n) is 12.0. The van der Waals surface area contributed by atoms with E-state index in [2.05, 4.69) is 11.1 Å². The van der Waals surface area contributed by atoms with Crippen molar-refractivity contribution in [1.29, 1.82) is 0 Å². The fourth-order valence-corrected chi connectivity index (χ4v) is 5.75. The van der Waals surface area contributed by atoms with E-state index in [9.17, 15) is 14.0 Å². The van der Waals surface area contributed by atoms with Crippen LogP contribution in [0.3, 0.4) is 0 Å². The smallest absolute Gasteiger partial charge is 0.255 e. The molecule has 3 aromatic carbocycles. The third kappa shape index (κ3) is 3.30. The van der Waals surface area contributed by atoms with Crippen molar-refractivity contribution in [2.24, 2.45) is 0 Å². The lowest BCUT2D eigenvalue weighted by Gasteiger charge is -2.51. The standard InChI is InChI=1S/C29H26FN3O3/c1-29-27-26(22-5-3-4-6-24(22)31-27)23(19-9-13-21(36-2)14-10-19)16-33(29)25(34)17-32(28(29)35)15-18-7-11-20(30)12-8-18/h3-14,23,31H,15-17H2,1-2H3/t23?,29-/m0/s1. The van der Waals surface area contributed by atoms with E-state index < -0.39 is 5.54 Å². The molecule has 7 heteroatoms. The monoisotopic (exact) mass is 483 g/mol. The molecule has 0 aliphatic carbocycles. The van der Waals surface area contributed by atoms with Crippen LogP contribution in [0.25, 0.3) is 10.9 Å². The summed E-state index contributed by atoms with van der Waals surface area (Å²) in [6.07, 6.45) is 0. The number of nitrogens with one attached hydrogen (secondary N) is 1. The summed E-state index contributed by atoms with van der Waals surface area (Å²) in [7, 11) is 1.63. The van der Waals surface area contributed by atoms with E-state index in [0.29, 0.717) is 6.54 Å². The minimum Gasteiger partial charge on any atom is -0.497 e. The number of carbonyl (C=O) groups is 2. The van der Waals surface area contributed by atoms with Crippen LogP contribution >= 0.6 is 0 Å². The normalized spacial score (nSPS) is 21.5. The minimum absolute atomic E-state index is 0.0172. The van der Waals surface area contributed by atoms with E-state index in [1.165, 1.54) is 12.1 Å². The van der Waals surface area contributed by atoms with Crippen molar-refractivity contribution in [3.05, 3.63) is 101 Å². The summed E-state index contributed by atoms with van der Waals surface area (Å²) in [6, 6.07) is 21.9. The highest BCUT2D eigenvalue weighted by Crippen LogP contribution is 2.48. The molecule has 0 radical (unpaired) electrons. The summed E-state index contributed by atoms with van der Waals surface area (Å²) < 4.78 is 18.8. The summed E-state index contributed by atoms with van der Waals surface area (Å²) >= 11 is 0. The van der Waals surface area contributed by atoms with Gasteiger partial charge in [-0.2, -0.15) is 0 Å². The average molecular weight is 484 g/mol. The van der Waals surface area contributed by atoms with E-state index in [0.717, 1.165) is 39.0 Å². The minimum atomic E-state index is -1.17. The third-order valence-electron chi connectivity index (χ3n) is 7.62. The van der Waals surface area contributed by atoms with Crippen LogP contribution < -0.4 is 4.74 Å². The van der Waals surface area contributed by atoms with Gasteiger partial charge in [0, 0.05) is 29.9 Å². The van der Waals surface area contributed by atoms with E-state index in [-0.39, 0.29) is 36.6 Å². The zero-order chi connectivity index (χ0) is 25.0. The van der Waals surface area contributed by atoms with Crippen LogP contribution in [0.2, 0.25) is 0 Å². The highest BCUT2D eigenvalue weighted by Gasteiger charge is 2.56. The number of piperazine rings is 1. The Labute approximate surface area is 208 Å². The number of rotatable bonds is 4. The van der Waals surface area contributed by atoms with Crippen LogP contribution in [0.15, 0.2) is 72.8 Å². The van der Waals surface area contributed by atoms with Crippen molar-refractivity contribution in [2.75, 3.05) is 20.2 Å². The first-order chi connectivity index (χ1) is 17.4. The highest BCUT2D eigenvalue weighted by molar-refractivity contribution is 6.01. The molecule has 1 aromatic heterocycles. The number of aromatic amines is 1. The second-order valence-electron chi connectivity index (χ2n) is 9.65. The fraction of sp³-hybridized carbons (Fsp3) is 0.241. The van der Waals surface area contributed by atoms with Crippen LogP contribution in [0.1, 0.15) is 35.2 Å². The molecule has 1 unspecified atom stereocenters. The van der Waals surface area contributed by atoms with E-state index in [1.807, 2.05) is 49.4 Å². The van der Waals surface area contributed by atoms with Gasteiger partial charge in [0.1, 0.15) is 18.1 Å². The number of aromatic nitrogens is 1. The van der Waals surface area contributed by atoms with Gasteiger partial charge >= 0.3 is 0 Å². The Kier molecular flexibility index (Phi) is 5.10. The molecule has 2 amide bonds. The van der Waals surface area contributed by atoms with Gasteiger partial charge in [-0.25, -0.2) is 4.39 Å². The lowest BCUT2D eigenvalue weighted by molar-refractivity contribution is -0.166. The zero-order valence-corrected chi connectivity index (χ0v) is 20.1. The molecule has 0 bridgehead atoms. The first-order valence-corrected chi connectivity index (χ1v) is 12.0. The molecule has 36 heavy (non-hydrogen) atoms. The number of benzene rings is 3. The highest BCUT2D eigenvalue weighted by atomic mass is 19.1. The van der Waals surface area contributed by atoms with Gasteiger partial charge in [-0.3, -0.25) is 9.59 Å². The second kappa shape index (κ2) is 8.22. The molecule has 2 atom stereocenters. The van der Waals surface area contributed by atoms with Crippen molar-refractivity contribution in [1.82, 2.24) is 14.8 Å². The Morgan fingerprint density at radius 1 is 1.03 bits per heavy atom. The van der Waals surface area contributed by atoms with Crippen molar-refractivity contribution in [3.8, 4) is 5.75 Å². The van der Waals surface area contributed by atoms with E-state index in [1.54, 1.807) is 29.0 Å². The summed E-state index contributed by atoms with van der Waals surface area (Å²) in [6.45, 7) is 2.46. The Bertz CT molecular complexity index is 1480. The first kappa shape index (κ1) is 22.3. The number of hydrogen-bond acceptors (Lipinski definition) is 3. The Morgan fingerprint density at radius 3 is 2.47 bits per heavy atom. The van der Waals surface area contributed by atoms with Gasteiger partial charge in [-0.1, -0.05) is 42.5 Å². The molecular weight excluding hydrogens is 457 g/mol. The van der Waals surface area contributed by atoms with Crippen LogP contribution in [0.4, 0.5) is 4.39 Å². The predicted molar refractivity (Wildman–Crippen MR) is 134 cm³/mol. The number of nitrogens with zero attached hydrogens (tertiary/aromatic N) is 2. The molecule has 4 aromatic rings. The third-order valence-corrected chi connectivity index (χ3v) is 7.62. The Hall–Kier alpha value is -4.13. The summed E-state index contributed by atoms with van der Waals surface area (Å²) in [5.41, 5.74) is 3.38.